The Bertz CT molecular complexity index is 324. The van der Waals surface area contributed by atoms with Crippen LogP contribution in [0.25, 0.3) is 0 Å². The average Bonchev–Trinajstić information content (AvgIpc) is 2.15. The van der Waals surface area contributed by atoms with Gasteiger partial charge in [-0.25, -0.2) is 0 Å². The van der Waals surface area contributed by atoms with E-state index in [9.17, 15) is 4.79 Å². The monoisotopic (exact) mass is 216 g/mol. The summed E-state index contributed by atoms with van der Waals surface area (Å²) in [6.07, 6.45) is 0. The van der Waals surface area contributed by atoms with Gasteiger partial charge < -0.3 is 0 Å². The summed E-state index contributed by atoms with van der Waals surface area (Å²) in [6.45, 7) is 0. The van der Waals surface area contributed by atoms with Gasteiger partial charge in [0.15, 0.2) is 0 Å². The largest absolute Gasteiger partial charge is 0.284 e. The van der Waals surface area contributed by atoms with Crippen molar-refractivity contribution in [1.29, 1.82) is 0 Å². The van der Waals surface area contributed by atoms with Crippen molar-refractivity contribution >= 4 is 39.3 Å². The zero-order valence-electron chi connectivity index (χ0n) is 6.50. The first-order valence-electron chi connectivity index (χ1n) is 3.44. The van der Waals surface area contributed by atoms with Gasteiger partial charge in [0.1, 0.15) is 0 Å². The Morgan fingerprint density at radius 2 is 1.85 bits per heavy atom. The maximum atomic E-state index is 10.4. The van der Waals surface area contributed by atoms with Gasteiger partial charge in [0.2, 0.25) is 5.17 Å². The number of para-hydroxylation sites is 1. The van der Waals surface area contributed by atoms with Crippen molar-refractivity contribution < 1.29 is 4.79 Å². The topological polar surface area (TPSA) is 41.5 Å². The van der Waals surface area contributed by atoms with Gasteiger partial charge in [-0.1, -0.05) is 29.8 Å². The number of hydrazone groups is 1. The van der Waals surface area contributed by atoms with Gasteiger partial charge in [-0.3, -0.25) is 10.2 Å². The van der Waals surface area contributed by atoms with Crippen LogP contribution in [-0.2, 0) is 4.79 Å². The number of carbonyl (C=O) groups excluding carboxylic acids is 1. The molecule has 3 nitrogen and oxygen atoms in total. The van der Waals surface area contributed by atoms with Gasteiger partial charge in [0.05, 0.1) is 5.69 Å². The number of nitrogens with zero attached hydrogens (tertiary/aromatic N) is 1. The average molecular weight is 217 g/mol. The SMILES string of the molecule is O=C(Cl)C(Cl)=NNc1ccccc1. The summed E-state index contributed by atoms with van der Waals surface area (Å²) < 4.78 is 0. The first-order chi connectivity index (χ1) is 6.20. The number of nitrogens with one attached hydrogen (secondary N) is 1. The van der Waals surface area contributed by atoms with Gasteiger partial charge in [-0.05, 0) is 23.7 Å². The highest BCUT2D eigenvalue weighted by Gasteiger charge is 2.02. The second-order valence-corrected chi connectivity index (χ2v) is 2.86. The van der Waals surface area contributed by atoms with Crippen LogP contribution in [-0.4, -0.2) is 10.4 Å². The van der Waals surface area contributed by atoms with Crippen molar-refractivity contribution in [3.8, 4) is 0 Å². The molecule has 1 aromatic carbocycles. The molecule has 0 radical (unpaired) electrons. The highest BCUT2D eigenvalue weighted by atomic mass is 35.5. The number of carbonyl (C=O) groups is 1. The number of anilines is 1. The fraction of sp³-hybridized carbons (Fsp3) is 0. The third-order valence-corrected chi connectivity index (χ3v) is 1.75. The first kappa shape index (κ1) is 10.0. The Morgan fingerprint density at radius 1 is 1.23 bits per heavy atom. The molecule has 0 saturated heterocycles. The minimum atomic E-state index is -0.787. The number of hydrogen-bond acceptors (Lipinski definition) is 3. The molecule has 1 rings (SSSR count). The highest BCUT2D eigenvalue weighted by Crippen LogP contribution is 2.05. The predicted octanol–water partition coefficient (Wildman–Crippen LogP) is 2.42. The molecule has 0 aliphatic heterocycles. The molecule has 0 bridgehead atoms. The predicted molar refractivity (Wildman–Crippen MR) is 54.2 cm³/mol. The Hall–Kier alpha value is -1.06. The van der Waals surface area contributed by atoms with Crippen molar-refractivity contribution in [2.45, 2.75) is 0 Å². The smallest absolute Gasteiger partial charge is 0.277 e. The summed E-state index contributed by atoms with van der Waals surface area (Å²) in [5.41, 5.74) is 3.31. The Labute approximate surface area is 85.3 Å². The molecule has 1 aromatic rings. The molecular formula is C8H6Cl2N2O. The van der Waals surface area contributed by atoms with Gasteiger partial charge in [0.25, 0.3) is 5.24 Å². The van der Waals surface area contributed by atoms with E-state index in [2.05, 4.69) is 10.5 Å². The molecule has 0 spiro atoms. The van der Waals surface area contributed by atoms with Crippen LogP contribution in [0.3, 0.4) is 0 Å². The highest BCUT2D eigenvalue weighted by molar-refractivity contribution is 6.99. The van der Waals surface area contributed by atoms with E-state index in [-0.39, 0.29) is 5.17 Å². The van der Waals surface area contributed by atoms with E-state index in [4.69, 9.17) is 23.2 Å². The molecular weight excluding hydrogens is 211 g/mol. The van der Waals surface area contributed by atoms with Crippen LogP contribution in [0.4, 0.5) is 5.69 Å². The minimum Gasteiger partial charge on any atom is -0.277 e. The third-order valence-electron chi connectivity index (χ3n) is 1.22. The number of benzene rings is 1. The van der Waals surface area contributed by atoms with Crippen LogP contribution in [0.1, 0.15) is 0 Å². The second-order valence-electron chi connectivity index (χ2n) is 2.15. The van der Waals surface area contributed by atoms with Crippen LogP contribution >= 0.6 is 23.2 Å². The first-order valence-corrected chi connectivity index (χ1v) is 4.20. The molecule has 13 heavy (non-hydrogen) atoms. The molecule has 0 atom stereocenters. The van der Waals surface area contributed by atoms with Gasteiger partial charge in [-0.2, -0.15) is 5.10 Å². The second kappa shape index (κ2) is 4.84. The van der Waals surface area contributed by atoms with E-state index in [1.165, 1.54) is 0 Å². The Balaban J connectivity index is 2.62. The van der Waals surface area contributed by atoms with Crippen LogP contribution in [0, 0.1) is 0 Å². The lowest BCUT2D eigenvalue weighted by Crippen LogP contribution is -2.01. The summed E-state index contributed by atoms with van der Waals surface area (Å²) in [4.78, 5) is 10.4. The molecule has 0 amide bonds. The Morgan fingerprint density at radius 3 is 2.38 bits per heavy atom. The number of rotatable bonds is 3. The molecule has 0 saturated carbocycles. The lowest BCUT2D eigenvalue weighted by molar-refractivity contribution is -0.106. The molecule has 0 aliphatic rings. The zero-order chi connectivity index (χ0) is 9.68. The van der Waals surface area contributed by atoms with Crippen molar-refractivity contribution in [2.75, 3.05) is 5.43 Å². The maximum Gasteiger partial charge on any atom is 0.284 e. The summed E-state index contributed by atoms with van der Waals surface area (Å²) in [6, 6.07) is 9.09. The molecule has 0 heterocycles. The summed E-state index contributed by atoms with van der Waals surface area (Å²) >= 11 is 10.4. The summed E-state index contributed by atoms with van der Waals surface area (Å²) in [7, 11) is 0. The van der Waals surface area contributed by atoms with Crippen molar-refractivity contribution in [3.05, 3.63) is 30.3 Å². The normalized spacial score (nSPS) is 11.1. The molecule has 0 aromatic heterocycles. The minimum absolute atomic E-state index is 0.287. The fourth-order valence-corrected chi connectivity index (χ4v) is 0.755. The fourth-order valence-electron chi connectivity index (χ4n) is 0.670. The van der Waals surface area contributed by atoms with Crippen molar-refractivity contribution in [2.24, 2.45) is 5.10 Å². The maximum absolute atomic E-state index is 10.4. The quantitative estimate of drug-likeness (QED) is 0.479. The molecule has 5 heteroatoms. The molecule has 68 valence electrons. The van der Waals surface area contributed by atoms with Gasteiger partial charge in [0, 0.05) is 0 Å². The zero-order valence-corrected chi connectivity index (χ0v) is 8.01. The molecule has 0 aliphatic carbocycles. The van der Waals surface area contributed by atoms with Gasteiger partial charge >= 0.3 is 0 Å². The molecule has 0 unspecified atom stereocenters. The van der Waals surface area contributed by atoms with Crippen LogP contribution in [0.5, 0.6) is 0 Å². The third kappa shape index (κ3) is 3.44. The summed E-state index contributed by atoms with van der Waals surface area (Å²) in [5, 5.41) is 2.47. The summed E-state index contributed by atoms with van der Waals surface area (Å²) in [5.74, 6) is 0. The lowest BCUT2D eigenvalue weighted by atomic mass is 10.3. The number of halogens is 2. The van der Waals surface area contributed by atoms with Crippen LogP contribution in [0.2, 0.25) is 0 Å². The van der Waals surface area contributed by atoms with E-state index in [0.29, 0.717) is 0 Å². The van der Waals surface area contributed by atoms with Gasteiger partial charge in [-0.15, -0.1) is 0 Å². The Kier molecular flexibility index (Phi) is 3.73. The lowest BCUT2D eigenvalue weighted by Gasteiger charge is -1.97. The van der Waals surface area contributed by atoms with E-state index in [1.807, 2.05) is 18.2 Å². The molecule has 0 fully saturated rings. The van der Waals surface area contributed by atoms with E-state index >= 15 is 0 Å². The number of hydrogen-bond donors (Lipinski definition) is 1. The van der Waals surface area contributed by atoms with Crippen molar-refractivity contribution in [1.82, 2.24) is 0 Å². The van der Waals surface area contributed by atoms with Crippen molar-refractivity contribution in [3.63, 3.8) is 0 Å². The van der Waals surface area contributed by atoms with E-state index in [1.54, 1.807) is 12.1 Å². The van der Waals surface area contributed by atoms with Crippen LogP contribution in [0.15, 0.2) is 35.4 Å². The van der Waals surface area contributed by atoms with E-state index < -0.39 is 5.24 Å². The van der Waals surface area contributed by atoms with E-state index in [0.717, 1.165) is 5.69 Å². The molecule has 1 N–H and O–H groups in total. The standard InChI is InChI=1S/C8H6Cl2N2O/c9-7(8(10)13)12-11-6-4-2-1-3-5-6/h1-5,11H. The van der Waals surface area contributed by atoms with Crippen LogP contribution < -0.4 is 5.43 Å².